The Morgan fingerprint density at radius 2 is 1.26 bits per heavy atom. The molecule has 0 aliphatic rings. The number of nitrogens with zero attached hydrogens (tertiary/aromatic N) is 2. The third kappa shape index (κ3) is 6.56. The van der Waals surface area contributed by atoms with Gasteiger partial charge in [-0.05, 0) is 48.5 Å². The number of para-hydroxylation sites is 3. The van der Waals surface area contributed by atoms with E-state index in [2.05, 4.69) is 12.2 Å². The van der Waals surface area contributed by atoms with Crippen LogP contribution >= 0.6 is 12.4 Å². The number of anilines is 2. The quantitative estimate of drug-likeness (QED) is 0.229. The number of hydrogen-bond donors (Lipinski definition) is 1. The van der Waals surface area contributed by atoms with E-state index in [1.807, 2.05) is 126 Å². The number of aliphatic imine (C=N–C) groups is 1. The Morgan fingerprint density at radius 3 is 1.85 bits per heavy atom. The summed E-state index contributed by atoms with van der Waals surface area (Å²) in [7, 11) is 0. The molecule has 4 aromatic rings. The van der Waals surface area contributed by atoms with E-state index in [9.17, 15) is 4.79 Å². The third-order valence-corrected chi connectivity index (χ3v) is 5.31. The molecule has 4 aromatic carbocycles. The third-order valence-electron chi connectivity index (χ3n) is 5.31. The molecule has 0 spiro atoms. The Labute approximate surface area is 207 Å². The summed E-state index contributed by atoms with van der Waals surface area (Å²) in [5.74, 6) is 0.708. The van der Waals surface area contributed by atoms with Crippen molar-refractivity contribution in [1.29, 1.82) is 0 Å². The van der Waals surface area contributed by atoms with Crippen molar-refractivity contribution < 1.29 is 4.79 Å². The molecule has 1 N–H and O–H groups in total. The first-order valence-electron chi connectivity index (χ1n) is 11.1. The molecule has 0 saturated carbocycles. The Bertz CT molecular complexity index is 1180. The summed E-state index contributed by atoms with van der Waals surface area (Å²) < 4.78 is 0. The van der Waals surface area contributed by atoms with E-state index < -0.39 is 0 Å². The second kappa shape index (κ2) is 12.4. The van der Waals surface area contributed by atoms with Crippen molar-refractivity contribution in [3.63, 3.8) is 0 Å². The zero-order chi connectivity index (χ0) is 22.9. The number of benzene rings is 4. The fraction of sp³-hybridized carbons (Fsp3) is 0.103. The number of halogens is 1. The number of hydrogen-bond acceptors (Lipinski definition) is 2. The van der Waals surface area contributed by atoms with Crippen LogP contribution in [0.4, 0.5) is 17.1 Å². The highest BCUT2D eigenvalue weighted by Crippen LogP contribution is 2.21. The van der Waals surface area contributed by atoms with E-state index in [0.29, 0.717) is 12.1 Å². The molecular weight excluding hydrogens is 442 g/mol. The lowest BCUT2D eigenvalue weighted by Gasteiger charge is -2.27. The monoisotopic (exact) mass is 469 g/mol. The maximum Gasteiger partial charge on any atom is 0.258 e. The molecule has 0 fully saturated rings. The van der Waals surface area contributed by atoms with Crippen LogP contribution in [-0.4, -0.2) is 18.3 Å². The van der Waals surface area contributed by atoms with Gasteiger partial charge in [-0.2, -0.15) is 0 Å². The zero-order valence-electron chi connectivity index (χ0n) is 19.0. The topological polar surface area (TPSA) is 44.7 Å². The number of nitrogens with one attached hydrogen (secondary N) is 1. The van der Waals surface area contributed by atoms with Crippen LogP contribution in [0.15, 0.2) is 126 Å². The molecule has 1 atom stereocenters. The van der Waals surface area contributed by atoms with Crippen LogP contribution in [0.3, 0.4) is 0 Å². The molecule has 1 unspecified atom stereocenters. The second-order valence-corrected chi connectivity index (χ2v) is 7.84. The highest BCUT2D eigenvalue weighted by Gasteiger charge is 2.23. The van der Waals surface area contributed by atoms with E-state index in [0.717, 1.165) is 22.9 Å². The van der Waals surface area contributed by atoms with Crippen molar-refractivity contribution in [2.24, 2.45) is 10.9 Å². The van der Waals surface area contributed by atoms with Crippen LogP contribution in [0.2, 0.25) is 0 Å². The zero-order valence-corrected chi connectivity index (χ0v) is 19.9. The molecule has 0 bridgehead atoms. The summed E-state index contributed by atoms with van der Waals surface area (Å²) >= 11 is 0. The SMILES string of the molecule is CC(CN(C(=O)c1ccccc1)c1ccccc1)C(=Nc1ccccc1)Nc1ccccc1.Cl. The first-order valence-corrected chi connectivity index (χ1v) is 11.1. The largest absolute Gasteiger partial charge is 0.343 e. The van der Waals surface area contributed by atoms with Crippen LogP contribution in [-0.2, 0) is 0 Å². The molecule has 5 heteroatoms. The van der Waals surface area contributed by atoms with Gasteiger partial charge in [0.05, 0.1) is 5.69 Å². The molecular formula is C29H28ClN3O. The normalized spacial score (nSPS) is 11.7. The van der Waals surface area contributed by atoms with Crippen molar-refractivity contribution >= 4 is 41.2 Å². The molecule has 1 amide bonds. The smallest absolute Gasteiger partial charge is 0.258 e. The summed E-state index contributed by atoms with van der Waals surface area (Å²) in [5.41, 5.74) is 3.34. The Hall–Kier alpha value is -3.89. The average Bonchev–Trinajstić information content (AvgIpc) is 2.88. The lowest BCUT2D eigenvalue weighted by Crippen LogP contribution is -2.38. The minimum atomic E-state index is -0.0571. The van der Waals surface area contributed by atoms with Gasteiger partial charge in [0.15, 0.2) is 0 Å². The first-order chi connectivity index (χ1) is 16.2. The van der Waals surface area contributed by atoms with Gasteiger partial charge in [-0.15, -0.1) is 12.4 Å². The number of rotatable bonds is 7. The maximum atomic E-state index is 13.5. The van der Waals surface area contributed by atoms with Gasteiger partial charge in [0.1, 0.15) is 5.84 Å². The maximum absolute atomic E-state index is 13.5. The summed E-state index contributed by atoms with van der Waals surface area (Å²) in [6.07, 6.45) is 0. The summed E-state index contributed by atoms with van der Waals surface area (Å²) in [6, 6.07) is 39.0. The van der Waals surface area contributed by atoms with Crippen molar-refractivity contribution in [2.45, 2.75) is 6.92 Å². The van der Waals surface area contributed by atoms with Crippen LogP contribution in [0, 0.1) is 5.92 Å². The van der Waals surface area contributed by atoms with Gasteiger partial charge in [0, 0.05) is 29.4 Å². The standard InChI is InChI=1S/C29H27N3O.ClH/c1-23(28(30-25-16-8-3-9-17-25)31-26-18-10-4-11-19-26)22-32(27-20-12-5-13-21-27)29(33)24-14-6-2-7-15-24;/h2-21,23H,22H2,1H3,(H,30,31);1H. The predicted octanol–water partition coefficient (Wildman–Crippen LogP) is 7.23. The molecule has 4 rings (SSSR count). The van der Waals surface area contributed by atoms with E-state index in [1.54, 1.807) is 0 Å². The van der Waals surface area contributed by atoms with Gasteiger partial charge in [-0.3, -0.25) is 4.79 Å². The van der Waals surface area contributed by atoms with Gasteiger partial charge < -0.3 is 10.2 Å². The lowest BCUT2D eigenvalue weighted by molar-refractivity contribution is 0.0985. The second-order valence-electron chi connectivity index (χ2n) is 7.84. The summed E-state index contributed by atoms with van der Waals surface area (Å²) in [4.78, 5) is 20.2. The van der Waals surface area contributed by atoms with Gasteiger partial charge in [0.25, 0.3) is 5.91 Å². The van der Waals surface area contributed by atoms with Crippen molar-refractivity contribution in [3.8, 4) is 0 Å². The van der Waals surface area contributed by atoms with E-state index in [-0.39, 0.29) is 24.2 Å². The molecule has 4 nitrogen and oxygen atoms in total. The number of amidine groups is 1. The molecule has 0 aliphatic carbocycles. The van der Waals surface area contributed by atoms with Crippen molar-refractivity contribution in [2.75, 3.05) is 16.8 Å². The summed E-state index contributed by atoms with van der Waals surface area (Å²) in [6.45, 7) is 2.56. The Balaban J connectivity index is 0.00000324. The van der Waals surface area contributed by atoms with Crippen LogP contribution in [0.1, 0.15) is 17.3 Å². The fourth-order valence-electron chi connectivity index (χ4n) is 3.58. The molecule has 0 radical (unpaired) electrons. The van der Waals surface area contributed by atoms with E-state index >= 15 is 0 Å². The molecule has 0 aromatic heterocycles. The van der Waals surface area contributed by atoms with Crippen LogP contribution in [0.5, 0.6) is 0 Å². The molecule has 0 heterocycles. The van der Waals surface area contributed by atoms with Crippen molar-refractivity contribution in [1.82, 2.24) is 0 Å². The lowest BCUT2D eigenvalue weighted by atomic mass is 10.1. The van der Waals surface area contributed by atoms with E-state index in [4.69, 9.17) is 4.99 Å². The minimum absolute atomic E-state index is 0. The fourth-order valence-corrected chi connectivity index (χ4v) is 3.58. The Kier molecular flexibility index (Phi) is 9.01. The minimum Gasteiger partial charge on any atom is -0.343 e. The highest BCUT2D eigenvalue weighted by atomic mass is 35.5. The molecule has 0 saturated heterocycles. The first kappa shape index (κ1) is 24.7. The van der Waals surface area contributed by atoms with Crippen LogP contribution < -0.4 is 10.2 Å². The molecule has 0 aliphatic heterocycles. The number of amides is 1. The predicted molar refractivity (Wildman–Crippen MR) is 145 cm³/mol. The van der Waals surface area contributed by atoms with Gasteiger partial charge in [0.2, 0.25) is 0 Å². The Morgan fingerprint density at radius 1 is 0.765 bits per heavy atom. The highest BCUT2D eigenvalue weighted by molar-refractivity contribution is 6.07. The van der Waals surface area contributed by atoms with Crippen LogP contribution in [0.25, 0.3) is 0 Å². The van der Waals surface area contributed by atoms with Gasteiger partial charge in [-0.1, -0.05) is 79.7 Å². The van der Waals surface area contributed by atoms with E-state index in [1.165, 1.54) is 0 Å². The summed E-state index contributed by atoms with van der Waals surface area (Å²) in [5, 5.41) is 3.47. The molecule has 34 heavy (non-hydrogen) atoms. The van der Waals surface area contributed by atoms with Gasteiger partial charge in [-0.25, -0.2) is 4.99 Å². The van der Waals surface area contributed by atoms with Crippen molar-refractivity contribution in [3.05, 3.63) is 127 Å². The number of carbonyl (C=O) groups is 1. The van der Waals surface area contributed by atoms with Gasteiger partial charge >= 0.3 is 0 Å². The number of carbonyl (C=O) groups excluding carboxylic acids is 1. The average molecular weight is 470 g/mol. The molecule has 172 valence electrons.